The zero-order valence-corrected chi connectivity index (χ0v) is 18.1. The number of aromatic nitrogens is 6. The second kappa shape index (κ2) is 9.42. The van der Waals surface area contributed by atoms with Crippen LogP contribution in [-0.4, -0.2) is 36.4 Å². The molecule has 7 nitrogen and oxygen atoms in total. The average molecular weight is 444 g/mol. The van der Waals surface area contributed by atoms with Crippen LogP contribution in [0.1, 0.15) is 37.2 Å². The summed E-state index contributed by atoms with van der Waals surface area (Å²) < 4.78 is 29.4. The fourth-order valence-corrected chi connectivity index (χ4v) is 4.25. The first-order chi connectivity index (χ1) is 15.1. The lowest BCUT2D eigenvalue weighted by molar-refractivity contribution is 0.148. The van der Waals surface area contributed by atoms with Gasteiger partial charge in [-0.1, -0.05) is 32.4 Å². The second-order valence-corrected chi connectivity index (χ2v) is 7.84. The molecule has 0 aliphatic rings. The van der Waals surface area contributed by atoms with E-state index in [1.807, 2.05) is 38.2 Å². The van der Waals surface area contributed by atoms with Gasteiger partial charge in [0, 0.05) is 35.0 Å². The normalized spacial score (nSPS) is 11.5. The maximum atomic E-state index is 13.1. The monoisotopic (exact) mass is 443 g/mol. The van der Waals surface area contributed by atoms with Crippen LogP contribution < -0.4 is 4.72 Å². The van der Waals surface area contributed by atoms with Crippen molar-refractivity contribution in [1.29, 1.82) is 0 Å². The Kier molecular flexibility index (Phi) is 6.45. The summed E-state index contributed by atoms with van der Waals surface area (Å²) in [7, 11) is 0. The van der Waals surface area contributed by atoms with Crippen LogP contribution in [0.15, 0.2) is 41.7 Å². The van der Waals surface area contributed by atoms with E-state index in [1.54, 1.807) is 17.2 Å². The van der Waals surface area contributed by atoms with E-state index in [2.05, 4.69) is 29.9 Å². The molecule has 162 valence electrons. The van der Waals surface area contributed by atoms with E-state index in [-0.39, 0.29) is 6.42 Å². The zero-order valence-electron chi connectivity index (χ0n) is 17.3. The quantitative estimate of drug-likeness (QED) is 0.355. The number of anilines is 1. The number of hydrogen-bond donors (Lipinski definition) is 2. The van der Waals surface area contributed by atoms with Gasteiger partial charge in [0.1, 0.15) is 5.69 Å². The summed E-state index contributed by atoms with van der Waals surface area (Å²) in [4.78, 5) is 14.9. The van der Waals surface area contributed by atoms with E-state index in [0.717, 1.165) is 27.9 Å². The molecule has 0 atom stereocenters. The predicted octanol–water partition coefficient (Wildman–Crippen LogP) is 4.98. The standard InChI is InChI=1S/C21H23F2N7S/c1-3-6-16-14(11-19(22)23)15(4-2)27-21(28-16)29-31-18-12-24-20-13(18)7-5-8-17(20)30-25-9-10-26-30/h5,7-10,12,19,24H,3-4,6,11H2,1-2H3,(H,27,28,29). The highest BCUT2D eigenvalue weighted by molar-refractivity contribution is 8.00. The third kappa shape index (κ3) is 4.53. The van der Waals surface area contributed by atoms with Crippen molar-refractivity contribution in [2.24, 2.45) is 0 Å². The van der Waals surface area contributed by atoms with Crippen LogP contribution in [0.3, 0.4) is 0 Å². The summed E-state index contributed by atoms with van der Waals surface area (Å²) in [5, 5.41) is 9.41. The van der Waals surface area contributed by atoms with Crippen LogP contribution in [0.5, 0.6) is 0 Å². The number of aryl methyl sites for hydroxylation is 2. The average Bonchev–Trinajstić information content (AvgIpc) is 3.43. The van der Waals surface area contributed by atoms with Crippen molar-refractivity contribution in [1.82, 2.24) is 29.9 Å². The molecule has 3 heterocycles. The molecule has 0 aliphatic heterocycles. The number of nitrogens with one attached hydrogen (secondary N) is 2. The molecule has 0 bridgehead atoms. The fourth-order valence-electron chi connectivity index (χ4n) is 3.56. The topological polar surface area (TPSA) is 84.3 Å². The Hall–Kier alpha value is -3.01. The molecule has 0 spiro atoms. The van der Waals surface area contributed by atoms with Gasteiger partial charge < -0.3 is 4.98 Å². The summed E-state index contributed by atoms with van der Waals surface area (Å²) in [6, 6.07) is 5.90. The molecule has 1 aromatic carbocycles. The molecule has 2 N–H and O–H groups in total. The first kappa shape index (κ1) is 21.2. The van der Waals surface area contributed by atoms with Gasteiger partial charge >= 0.3 is 0 Å². The molecule has 31 heavy (non-hydrogen) atoms. The smallest absolute Gasteiger partial charge is 0.242 e. The Morgan fingerprint density at radius 1 is 1.13 bits per heavy atom. The van der Waals surface area contributed by atoms with Crippen molar-refractivity contribution >= 4 is 28.8 Å². The Labute approximate surface area is 182 Å². The highest BCUT2D eigenvalue weighted by Gasteiger charge is 2.18. The summed E-state index contributed by atoms with van der Waals surface area (Å²) in [6.45, 7) is 3.94. The van der Waals surface area contributed by atoms with E-state index in [9.17, 15) is 8.78 Å². The number of H-pyrrole nitrogens is 1. The third-order valence-corrected chi connectivity index (χ3v) is 5.74. The van der Waals surface area contributed by atoms with Crippen molar-refractivity contribution in [2.75, 3.05) is 4.72 Å². The summed E-state index contributed by atoms with van der Waals surface area (Å²) in [5.74, 6) is 0.433. The number of alkyl halides is 2. The number of nitrogens with zero attached hydrogens (tertiary/aromatic N) is 5. The maximum Gasteiger partial charge on any atom is 0.242 e. The number of para-hydroxylation sites is 1. The molecular weight excluding hydrogens is 420 g/mol. The molecular formula is C21H23F2N7S. The maximum absolute atomic E-state index is 13.1. The minimum Gasteiger partial charge on any atom is -0.358 e. The Balaban J connectivity index is 1.61. The van der Waals surface area contributed by atoms with E-state index >= 15 is 0 Å². The third-order valence-electron chi connectivity index (χ3n) is 4.90. The number of benzene rings is 1. The van der Waals surface area contributed by atoms with Crippen molar-refractivity contribution < 1.29 is 8.78 Å². The molecule has 0 saturated heterocycles. The Morgan fingerprint density at radius 3 is 2.61 bits per heavy atom. The number of halogens is 2. The van der Waals surface area contributed by atoms with Crippen molar-refractivity contribution in [2.45, 2.75) is 50.9 Å². The lowest BCUT2D eigenvalue weighted by Crippen LogP contribution is -2.12. The summed E-state index contributed by atoms with van der Waals surface area (Å²) in [5.41, 5.74) is 3.72. The molecule has 4 rings (SSSR count). The lowest BCUT2D eigenvalue weighted by Gasteiger charge is -2.14. The van der Waals surface area contributed by atoms with Crippen LogP contribution in [0.25, 0.3) is 16.6 Å². The molecule has 0 radical (unpaired) electrons. The van der Waals surface area contributed by atoms with Crippen LogP contribution in [-0.2, 0) is 19.3 Å². The van der Waals surface area contributed by atoms with Crippen molar-refractivity contribution in [3.63, 3.8) is 0 Å². The van der Waals surface area contributed by atoms with Gasteiger partial charge in [-0.05, 0) is 30.9 Å². The van der Waals surface area contributed by atoms with Gasteiger partial charge in [0.25, 0.3) is 0 Å². The van der Waals surface area contributed by atoms with E-state index in [1.165, 1.54) is 11.9 Å². The SMILES string of the molecule is CCCc1nc(NSc2c[nH]c3c(-n4nccn4)cccc23)nc(CC)c1CC(F)F. The van der Waals surface area contributed by atoms with Crippen LogP contribution in [0.4, 0.5) is 14.7 Å². The molecule has 10 heteroatoms. The largest absolute Gasteiger partial charge is 0.358 e. The molecule has 4 aromatic rings. The molecule has 0 aliphatic carbocycles. The van der Waals surface area contributed by atoms with Crippen molar-refractivity contribution in [3.8, 4) is 5.69 Å². The van der Waals surface area contributed by atoms with E-state index in [0.29, 0.717) is 35.7 Å². The molecule has 0 amide bonds. The van der Waals surface area contributed by atoms with Crippen LogP contribution >= 0.6 is 11.9 Å². The Bertz CT molecular complexity index is 1160. The first-order valence-corrected chi connectivity index (χ1v) is 11.0. The fraction of sp³-hybridized carbons (Fsp3) is 0.333. The van der Waals surface area contributed by atoms with Gasteiger partial charge in [-0.25, -0.2) is 18.7 Å². The molecule has 0 fully saturated rings. The minimum atomic E-state index is -2.41. The summed E-state index contributed by atoms with van der Waals surface area (Å²) in [6.07, 6.45) is 4.49. The van der Waals surface area contributed by atoms with Gasteiger partial charge in [0.05, 0.1) is 22.8 Å². The van der Waals surface area contributed by atoms with Gasteiger partial charge in [0.2, 0.25) is 12.4 Å². The van der Waals surface area contributed by atoms with Crippen LogP contribution in [0.2, 0.25) is 0 Å². The number of hydrogen-bond acceptors (Lipinski definition) is 6. The number of rotatable bonds is 9. The minimum absolute atomic E-state index is 0.307. The van der Waals surface area contributed by atoms with E-state index in [4.69, 9.17) is 0 Å². The Morgan fingerprint density at radius 2 is 1.90 bits per heavy atom. The highest BCUT2D eigenvalue weighted by atomic mass is 32.2. The lowest BCUT2D eigenvalue weighted by atomic mass is 10.0. The molecule has 0 unspecified atom stereocenters. The summed E-state index contributed by atoms with van der Waals surface area (Å²) >= 11 is 1.38. The van der Waals surface area contributed by atoms with Gasteiger partial charge in [0.15, 0.2) is 0 Å². The highest BCUT2D eigenvalue weighted by Crippen LogP contribution is 2.31. The van der Waals surface area contributed by atoms with Gasteiger partial charge in [-0.15, -0.1) is 4.80 Å². The first-order valence-electron chi connectivity index (χ1n) is 10.2. The number of aromatic amines is 1. The van der Waals surface area contributed by atoms with Crippen LogP contribution in [0, 0.1) is 0 Å². The zero-order chi connectivity index (χ0) is 21.8. The van der Waals surface area contributed by atoms with Gasteiger partial charge in [-0.3, -0.25) is 4.72 Å². The van der Waals surface area contributed by atoms with Gasteiger partial charge in [-0.2, -0.15) is 10.2 Å². The second-order valence-electron chi connectivity index (χ2n) is 6.99. The molecule has 0 saturated carbocycles. The van der Waals surface area contributed by atoms with Crippen molar-refractivity contribution in [3.05, 3.63) is 53.7 Å². The molecule has 3 aromatic heterocycles. The predicted molar refractivity (Wildman–Crippen MR) is 118 cm³/mol. The number of fused-ring (bicyclic) bond motifs is 1. The van der Waals surface area contributed by atoms with E-state index < -0.39 is 6.43 Å².